The normalized spacial score (nSPS) is 10.6. The summed E-state index contributed by atoms with van der Waals surface area (Å²) in [5.41, 5.74) is 0. The zero-order valence-electron chi connectivity index (χ0n) is 11.3. The molecule has 2 aromatic carbocycles. The Morgan fingerprint density at radius 3 is 2.50 bits per heavy atom. The fourth-order valence-corrected chi connectivity index (χ4v) is 2.91. The Balaban J connectivity index is 2.34. The summed E-state index contributed by atoms with van der Waals surface area (Å²) in [6, 6.07) is 9.72. The third-order valence-electron chi connectivity index (χ3n) is 3.10. The molecular formula is C15H15Br2NO2. The van der Waals surface area contributed by atoms with E-state index in [2.05, 4.69) is 31.9 Å². The molecule has 0 N–H and O–H groups in total. The van der Waals surface area contributed by atoms with Crippen molar-refractivity contribution in [3.05, 3.63) is 39.3 Å². The number of halogens is 2. The van der Waals surface area contributed by atoms with E-state index in [0.29, 0.717) is 18.8 Å². The van der Waals surface area contributed by atoms with Gasteiger partial charge in [0.1, 0.15) is 5.75 Å². The van der Waals surface area contributed by atoms with Gasteiger partial charge in [-0.05, 0) is 58.7 Å². The van der Waals surface area contributed by atoms with Crippen molar-refractivity contribution in [2.24, 2.45) is 0 Å². The maximum absolute atomic E-state index is 12.0. The first-order chi connectivity index (χ1) is 9.56. The number of fused-ring (bicyclic) bond motifs is 1. The van der Waals surface area contributed by atoms with Crippen LogP contribution < -0.4 is 4.74 Å². The quantitative estimate of drug-likeness (QED) is 0.707. The molecular weight excluding hydrogens is 386 g/mol. The van der Waals surface area contributed by atoms with Crippen molar-refractivity contribution in [2.45, 2.75) is 13.8 Å². The standard InChI is InChI=1S/C15H15Br2NO2/c1-3-18(4-2)15(19)20-13-8-5-10-9-11(16)6-7-12(10)14(13)17/h5-9H,3-4H2,1-2H3. The molecule has 106 valence electrons. The monoisotopic (exact) mass is 399 g/mol. The number of amides is 1. The first kappa shape index (κ1) is 15.3. The molecule has 0 heterocycles. The van der Waals surface area contributed by atoms with Crippen LogP contribution in [0.4, 0.5) is 4.79 Å². The highest BCUT2D eigenvalue weighted by Crippen LogP contribution is 2.34. The fraction of sp³-hybridized carbons (Fsp3) is 0.267. The number of carbonyl (C=O) groups excluding carboxylic acids is 1. The maximum atomic E-state index is 12.0. The summed E-state index contributed by atoms with van der Waals surface area (Å²) >= 11 is 6.96. The summed E-state index contributed by atoms with van der Waals surface area (Å²) in [5.74, 6) is 0.539. The van der Waals surface area contributed by atoms with Crippen molar-refractivity contribution < 1.29 is 9.53 Å². The van der Waals surface area contributed by atoms with Crippen molar-refractivity contribution >= 4 is 48.7 Å². The Labute approximate surface area is 135 Å². The summed E-state index contributed by atoms with van der Waals surface area (Å²) in [4.78, 5) is 13.6. The topological polar surface area (TPSA) is 29.5 Å². The second kappa shape index (κ2) is 6.59. The van der Waals surface area contributed by atoms with Gasteiger partial charge in [0.25, 0.3) is 0 Å². The Kier molecular flexibility index (Phi) is 5.05. The largest absolute Gasteiger partial charge is 0.415 e. The number of benzene rings is 2. The molecule has 2 rings (SSSR count). The van der Waals surface area contributed by atoms with Crippen LogP contribution in [0.1, 0.15) is 13.8 Å². The zero-order chi connectivity index (χ0) is 14.7. The summed E-state index contributed by atoms with van der Waals surface area (Å²) in [5, 5.41) is 2.09. The van der Waals surface area contributed by atoms with E-state index in [9.17, 15) is 4.79 Å². The third-order valence-corrected chi connectivity index (χ3v) is 4.41. The van der Waals surface area contributed by atoms with Crippen LogP contribution in [0.15, 0.2) is 39.3 Å². The molecule has 0 saturated heterocycles. The molecule has 2 aromatic rings. The second-order valence-corrected chi connectivity index (χ2v) is 5.99. The van der Waals surface area contributed by atoms with Gasteiger partial charge >= 0.3 is 6.09 Å². The van der Waals surface area contributed by atoms with E-state index in [1.807, 2.05) is 38.1 Å². The van der Waals surface area contributed by atoms with Crippen molar-refractivity contribution in [3.63, 3.8) is 0 Å². The highest BCUT2D eigenvalue weighted by atomic mass is 79.9. The molecule has 0 aliphatic rings. The summed E-state index contributed by atoms with van der Waals surface area (Å²) in [6.45, 7) is 5.12. The Morgan fingerprint density at radius 2 is 1.85 bits per heavy atom. The van der Waals surface area contributed by atoms with Gasteiger partial charge in [-0.25, -0.2) is 4.79 Å². The molecule has 0 spiro atoms. The molecule has 0 atom stereocenters. The van der Waals surface area contributed by atoms with E-state index < -0.39 is 0 Å². The molecule has 0 saturated carbocycles. The minimum Gasteiger partial charge on any atom is -0.409 e. The predicted molar refractivity (Wildman–Crippen MR) is 88.3 cm³/mol. The van der Waals surface area contributed by atoms with Gasteiger partial charge in [0, 0.05) is 17.6 Å². The zero-order valence-corrected chi connectivity index (χ0v) is 14.5. The Hall–Kier alpha value is -1.07. The first-order valence-electron chi connectivity index (χ1n) is 6.41. The molecule has 20 heavy (non-hydrogen) atoms. The average Bonchev–Trinajstić information content (AvgIpc) is 2.43. The van der Waals surface area contributed by atoms with Crippen LogP contribution in [-0.4, -0.2) is 24.1 Å². The lowest BCUT2D eigenvalue weighted by Gasteiger charge is -2.18. The number of hydrogen-bond acceptors (Lipinski definition) is 2. The number of ether oxygens (including phenoxy) is 1. The maximum Gasteiger partial charge on any atom is 0.415 e. The van der Waals surface area contributed by atoms with Gasteiger partial charge in [0.15, 0.2) is 0 Å². The minimum absolute atomic E-state index is 0.327. The first-order valence-corrected chi connectivity index (χ1v) is 8.00. The smallest absolute Gasteiger partial charge is 0.409 e. The van der Waals surface area contributed by atoms with Crippen molar-refractivity contribution in [2.75, 3.05) is 13.1 Å². The molecule has 0 aliphatic carbocycles. The number of nitrogens with zero attached hydrogens (tertiary/aromatic N) is 1. The third kappa shape index (κ3) is 3.15. The minimum atomic E-state index is -0.327. The molecule has 0 radical (unpaired) electrons. The van der Waals surface area contributed by atoms with Crippen LogP contribution in [0.3, 0.4) is 0 Å². The van der Waals surface area contributed by atoms with Crippen molar-refractivity contribution in [1.29, 1.82) is 0 Å². The van der Waals surface area contributed by atoms with Gasteiger partial charge in [-0.2, -0.15) is 0 Å². The molecule has 0 fully saturated rings. The number of carbonyl (C=O) groups is 1. The van der Waals surface area contributed by atoms with E-state index in [1.54, 1.807) is 11.0 Å². The van der Waals surface area contributed by atoms with Crippen molar-refractivity contribution in [3.8, 4) is 5.75 Å². The van der Waals surface area contributed by atoms with Crippen LogP contribution in [-0.2, 0) is 0 Å². The molecule has 5 heteroatoms. The molecule has 0 unspecified atom stereocenters. The van der Waals surface area contributed by atoms with Crippen LogP contribution >= 0.6 is 31.9 Å². The Bertz CT molecular complexity index is 639. The Morgan fingerprint density at radius 1 is 1.15 bits per heavy atom. The lowest BCUT2D eigenvalue weighted by molar-refractivity contribution is 0.157. The van der Waals surface area contributed by atoms with E-state index in [4.69, 9.17) is 4.74 Å². The van der Waals surface area contributed by atoms with Crippen LogP contribution in [0.2, 0.25) is 0 Å². The van der Waals surface area contributed by atoms with Gasteiger partial charge in [0.2, 0.25) is 0 Å². The van der Waals surface area contributed by atoms with Gasteiger partial charge in [-0.3, -0.25) is 0 Å². The van der Waals surface area contributed by atoms with E-state index in [1.165, 1.54) is 0 Å². The lowest BCUT2D eigenvalue weighted by atomic mass is 10.1. The molecule has 0 aliphatic heterocycles. The predicted octanol–water partition coefficient (Wildman–Crippen LogP) is 5.21. The van der Waals surface area contributed by atoms with Crippen LogP contribution in [0.5, 0.6) is 5.75 Å². The van der Waals surface area contributed by atoms with Gasteiger partial charge in [-0.15, -0.1) is 0 Å². The lowest BCUT2D eigenvalue weighted by Crippen LogP contribution is -2.33. The summed E-state index contributed by atoms with van der Waals surface area (Å²) in [7, 11) is 0. The molecule has 0 bridgehead atoms. The van der Waals surface area contributed by atoms with E-state index >= 15 is 0 Å². The van der Waals surface area contributed by atoms with Crippen molar-refractivity contribution in [1.82, 2.24) is 4.90 Å². The summed E-state index contributed by atoms with van der Waals surface area (Å²) < 4.78 is 7.27. The van der Waals surface area contributed by atoms with Crippen LogP contribution in [0.25, 0.3) is 10.8 Å². The van der Waals surface area contributed by atoms with Gasteiger partial charge in [-0.1, -0.05) is 28.1 Å². The van der Waals surface area contributed by atoms with Gasteiger partial charge in [0.05, 0.1) is 4.47 Å². The van der Waals surface area contributed by atoms with Crippen LogP contribution in [0, 0.1) is 0 Å². The SMILES string of the molecule is CCN(CC)C(=O)Oc1ccc2cc(Br)ccc2c1Br. The second-order valence-electron chi connectivity index (χ2n) is 4.28. The number of rotatable bonds is 3. The van der Waals surface area contributed by atoms with E-state index in [0.717, 1.165) is 19.7 Å². The fourth-order valence-electron chi connectivity index (χ4n) is 1.96. The average molecular weight is 401 g/mol. The van der Waals surface area contributed by atoms with Gasteiger partial charge < -0.3 is 9.64 Å². The molecule has 1 amide bonds. The van der Waals surface area contributed by atoms with E-state index in [-0.39, 0.29) is 6.09 Å². The highest BCUT2D eigenvalue weighted by Gasteiger charge is 2.15. The summed E-state index contributed by atoms with van der Waals surface area (Å²) in [6.07, 6.45) is -0.327. The molecule has 3 nitrogen and oxygen atoms in total. The highest BCUT2D eigenvalue weighted by molar-refractivity contribution is 9.11. The number of hydrogen-bond donors (Lipinski definition) is 0. The molecule has 0 aromatic heterocycles.